The molecule has 0 aliphatic rings. The van der Waals surface area contributed by atoms with Gasteiger partial charge in [-0.25, -0.2) is 0 Å². The number of amides is 2. The van der Waals surface area contributed by atoms with Gasteiger partial charge in [-0.3, -0.25) is 9.59 Å². The molecule has 0 spiro atoms. The number of rotatable bonds is 8. The SMILES string of the molecule is O=C(CCc1ccccc1)NCC(=O)NC(c1ccccc1)c1cccc(C(F)(F)F)c1. The minimum absolute atomic E-state index is 0.229. The lowest BCUT2D eigenvalue weighted by molar-refractivity contribution is -0.137. The Balaban J connectivity index is 1.65. The van der Waals surface area contributed by atoms with Crippen molar-refractivity contribution in [3.05, 3.63) is 107 Å². The smallest absolute Gasteiger partial charge is 0.347 e. The summed E-state index contributed by atoms with van der Waals surface area (Å²) in [5.41, 5.74) is 1.16. The van der Waals surface area contributed by atoms with E-state index in [4.69, 9.17) is 0 Å². The van der Waals surface area contributed by atoms with Gasteiger partial charge in [0.25, 0.3) is 0 Å². The lowest BCUT2D eigenvalue weighted by Crippen LogP contribution is -2.39. The van der Waals surface area contributed by atoms with Crippen LogP contribution >= 0.6 is 0 Å². The molecule has 0 fully saturated rings. The molecule has 0 saturated carbocycles. The summed E-state index contributed by atoms with van der Waals surface area (Å²) in [5.74, 6) is -0.774. The van der Waals surface area contributed by atoms with Gasteiger partial charge in [-0.15, -0.1) is 0 Å². The van der Waals surface area contributed by atoms with Crippen molar-refractivity contribution in [3.63, 3.8) is 0 Å². The Morgan fingerprint density at radius 1 is 0.781 bits per heavy atom. The Morgan fingerprint density at radius 2 is 1.41 bits per heavy atom. The zero-order chi connectivity index (χ0) is 23.0. The van der Waals surface area contributed by atoms with Crippen molar-refractivity contribution in [3.8, 4) is 0 Å². The zero-order valence-corrected chi connectivity index (χ0v) is 17.2. The van der Waals surface area contributed by atoms with Crippen molar-refractivity contribution >= 4 is 11.8 Å². The highest BCUT2D eigenvalue weighted by molar-refractivity contribution is 5.85. The fourth-order valence-corrected chi connectivity index (χ4v) is 3.28. The highest BCUT2D eigenvalue weighted by atomic mass is 19.4. The maximum Gasteiger partial charge on any atom is 0.416 e. The monoisotopic (exact) mass is 440 g/mol. The first-order valence-corrected chi connectivity index (χ1v) is 10.1. The minimum atomic E-state index is -4.49. The second-order valence-corrected chi connectivity index (χ2v) is 7.30. The van der Waals surface area contributed by atoms with E-state index in [2.05, 4.69) is 10.6 Å². The zero-order valence-electron chi connectivity index (χ0n) is 17.2. The van der Waals surface area contributed by atoms with E-state index in [-0.39, 0.29) is 18.9 Å². The Labute approximate surface area is 184 Å². The molecule has 0 aliphatic carbocycles. The van der Waals surface area contributed by atoms with Gasteiger partial charge in [0.05, 0.1) is 18.2 Å². The molecule has 0 saturated heterocycles. The number of nitrogens with one attached hydrogen (secondary N) is 2. The van der Waals surface area contributed by atoms with Crippen LogP contribution < -0.4 is 10.6 Å². The topological polar surface area (TPSA) is 58.2 Å². The second-order valence-electron chi connectivity index (χ2n) is 7.30. The van der Waals surface area contributed by atoms with Crippen LogP contribution in [0.3, 0.4) is 0 Å². The predicted octanol–water partition coefficient (Wildman–Crippen LogP) is 4.66. The number of halogens is 3. The summed E-state index contributed by atoms with van der Waals surface area (Å²) in [6.45, 7) is -0.268. The number of benzene rings is 3. The Bertz CT molecular complexity index is 1040. The first-order chi connectivity index (χ1) is 15.3. The Kier molecular flexibility index (Phi) is 7.65. The molecule has 4 nitrogen and oxygen atoms in total. The number of alkyl halides is 3. The minimum Gasteiger partial charge on any atom is -0.347 e. The van der Waals surface area contributed by atoms with Crippen LogP contribution in [0.4, 0.5) is 13.2 Å². The number of hydrogen-bond donors (Lipinski definition) is 2. The van der Waals surface area contributed by atoms with E-state index in [1.54, 1.807) is 30.3 Å². The Hall–Kier alpha value is -3.61. The summed E-state index contributed by atoms with van der Waals surface area (Å²) < 4.78 is 39.5. The van der Waals surface area contributed by atoms with Crippen molar-refractivity contribution in [2.75, 3.05) is 6.54 Å². The molecular weight excluding hydrogens is 417 g/mol. The van der Waals surface area contributed by atoms with Crippen molar-refractivity contribution in [2.45, 2.75) is 25.1 Å². The summed E-state index contributed by atoms with van der Waals surface area (Å²) in [4.78, 5) is 24.6. The van der Waals surface area contributed by atoms with Crippen LogP contribution in [0.1, 0.15) is 34.7 Å². The average Bonchev–Trinajstić information content (AvgIpc) is 2.80. The van der Waals surface area contributed by atoms with Gasteiger partial charge in [-0.05, 0) is 35.2 Å². The normalized spacial score (nSPS) is 12.1. The van der Waals surface area contributed by atoms with Gasteiger partial charge in [-0.1, -0.05) is 72.8 Å². The van der Waals surface area contributed by atoms with Gasteiger partial charge in [0.1, 0.15) is 0 Å². The molecule has 3 aromatic rings. The summed E-state index contributed by atoms with van der Waals surface area (Å²) in [6, 6.07) is 22.3. The third kappa shape index (κ3) is 6.70. The number of aryl methyl sites for hydroxylation is 1. The first kappa shape index (κ1) is 23.1. The van der Waals surface area contributed by atoms with Crippen LogP contribution in [-0.4, -0.2) is 18.4 Å². The van der Waals surface area contributed by atoms with Gasteiger partial charge in [0.15, 0.2) is 0 Å². The molecule has 1 unspecified atom stereocenters. The van der Waals surface area contributed by atoms with E-state index in [0.717, 1.165) is 17.7 Å². The third-order valence-corrected chi connectivity index (χ3v) is 4.92. The third-order valence-electron chi connectivity index (χ3n) is 4.92. The fraction of sp³-hybridized carbons (Fsp3) is 0.200. The van der Waals surface area contributed by atoms with Crippen molar-refractivity contribution < 1.29 is 22.8 Å². The first-order valence-electron chi connectivity index (χ1n) is 10.1. The van der Waals surface area contributed by atoms with Gasteiger partial charge in [-0.2, -0.15) is 13.2 Å². The van der Waals surface area contributed by atoms with Crippen LogP contribution in [0.15, 0.2) is 84.9 Å². The maximum absolute atomic E-state index is 13.2. The summed E-state index contributed by atoms with van der Waals surface area (Å²) in [5, 5.41) is 5.30. The van der Waals surface area contributed by atoms with Gasteiger partial charge in [0, 0.05) is 6.42 Å². The molecule has 3 rings (SSSR count). The van der Waals surface area contributed by atoms with Crippen LogP contribution in [-0.2, 0) is 22.2 Å². The lowest BCUT2D eigenvalue weighted by Gasteiger charge is -2.21. The van der Waals surface area contributed by atoms with Crippen LogP contribution in [0.2, 0.25) is 0 Å². The molecule has 32 heavy (non-hydrogen) atoms. The van der Waals surface area contributed by atoms with E-state index in [0.29, 0.717) is 17.5 Å². The van der Waals surface area contributed by atoms with E-state index in [1.165, 1.54) is 12.1 Å². The van der Waals surface area contributed by atoms with E-state index >= 15 is 0 Å². The molecule has 7 heteroatoms. The number of carbonyl (C=O) groups excluding carboxylic acids is 2. The van der Waals surface area contributed by atoms with Crippen LogP contribution in [0.25, 0.3) is 0 Å². The van der Waals surface area contributed by atoms with Gasteiger partial charge < -0.3 is 10.6 Å². The fourth-order valence-electron chi connectivity index (χ4n) is 3.28. The molecule has 0 bridgehead atoms. The predicted molar refractivity (Wildman–Crippen MR) is 116 cm³/mol. The number of hydrogen-bond acceptors (Lipinski definition) is 2. The molecule has 1 atom stereocenters. The Morgan fingerprint density at radius 3 is 2.06 bits per heavy atom. The lowest BCUT2D eigenvalue weighted by atomic mass is 9.97. The molecule has 166 valence electrons. The molecule has 0 aliphatic heterocycles. The molecular formula is C25H23F3N2O2. The molecule has 2 N–H and O–H groups in total. The summed E-state index contributed by atoms with van der Waals surface area (Å²) in [6.07, 6.45) is -3.72. The van der Waals surface area contributed by atoms with E-state index in [9.17, 15) is 22.8 Å². The average molecular weight is 440 g/mol. The molecule has 3 aromatic carbocycles. The van der Waals surface area contributed by atoms with Crippen molar-refractivity contribution in [1.29, 1.82) is 0 Å². The van der Waals surface area contributed by atoms with Crippen LogP contribution in [0.5, 0.6) is 0 Å². The standard InChI is InChI=1S/C25H23F3N2O2/c26-25(27,28)21-13-7-12-20(16-21)24(19-10-5-2-6-11-19)30-23(32)17-29-22(31)15-14-18-8-3-1-4-9-18/h1-13,16,24H,14-15,17H2,(H,29,31)(H,30,32). The highest BCUT2D eigenvalue weighted by Crippen LogP contribution is 2.32. The second kappa shape index (κ2) is 10.6. The summed E-state index contributed by atoms with van der Waals surface area (Å²) >= 11 is 0. The summed E-state index contributed by atoms with van der Waals surface area (Å²) in [7, 11) is 0. The molecule has 2 amide bonds. The quantitative estimate of drug-likeness (QED) is 0.535. The molecule has 0 radical (unpaired) electrons. The van der Waals surface area contributed by atoms with Crippen molar-refractivity contribution in [2.24, 2.45) is 0 Å². The van der Waals surface area contributed by atoms with E-state index < -0.39 is 23.7 Å². The number of carbonyl (C=O) groups is 2. The van der Waals surface area contributed by atoms with Gasteiger partial charge >= 0.3 is 6.18 Å². The van der Waals surface area contributed by atoms with Crippen LogP contribution in [0, 0.1) is 0 Å². The molecule has 0 aromatic heterocycles. The maximum atomic E-state index is 13.2. The molecule has 0 heterocycles. The van der Waals surface area contributed by atoms with E-state index in [1.807, 2.05) is 30.3 Å². The largest absolute Gasteiger partial charge is 0.416 e. The van der Waals surface area contributed by atoms with Gasteiger partial charge in [0.2, 0.25) is 11.8 Å². The van der Waals surface area contributed by atoms with Crippen molar-refractivity contribution in [1.82, 2.24) is 10.6 Å². The highest BCUT2D eigenvalue weighted by Gasteiger charge is 2.31.